The summed E-state index contributed by atoms with van der Waals surface area (Å²) in [7, 11) is 0. The van der Waals surface area contributed by atoms with Gasteiger partial charge in [-0.15, -0.1) is 0 Å². The minimum absolute atomic E-state index is 0.00116. The summed E-state index contributed by atoms with van der Waals surface area (Å²) >= 11 is 0. The highest BCUT2D eigenvalue weighted by molar-refractivity contribution is 5.01. The fourth-order valence-electron chi connectivity index (χ4n) is 1.29. The molecule has 0 aliphatic heterocycles. The van der Waals surface area contributed by atoms with Crippen LogP contribution in [0.5, 0.6) is 0 Å². The highest BCUT2D eigenvalue weighted by Crippen LogP contribution is 2.24. The van der Waals surface area contributed by atoms with Gasteiger partial charge in [-0.3, -0.25) is 0 Å². The van der Waals surface area contributed by atoms with Gasteiger partial charge in [-0.1, -0.05) is 13.3 Å². The third kappa shape index (κ3) is 1.43. The second kappa shape index (κ2) is 2.67. The van der Waals surface area contributed by atoms with Crippen molar-refractivity contribution in [3.05, 3.63) is 5.92 Å². The molecule has 0 aromatic rings. The summed E-state index contributed by atoms with van der Waals surface area (Å²) in [5.74, 6) is 1.15. The van der Waals surface area contributed by atoms with E-state index in [0.717, 1.165) is 25.2 Å². The molecule has 3 N–H and O–H groups in total. The van der Waals surface area contributed by atoms with E-state index >= 15 is 0 Å². The quantitative estimate of drug-likeness (QED) is 0.497. The molecule has 0 heterocycles. The van der Waals surface area contributed by atoms with Gasteiger partial charge in [0.25, 0.3) is 0 Å². The van der Waals surface area contributed by atoms with Crippen LogP contribution in [0, 0.1) is 5.92 Å². The van der Waals surface area contributed by atoms with Crippen LogP contribution in [0.15, 0.2) is 0 Å². The zero-order valence-electron chi connectivity index (χ0n) is 5.80. The fraction of sp³-hybridized carbons (Fsp3) is 0.857. The number of aliphatic hydroxyl groups excluding tert-OH is 1. The molecule has 2 unspecified atom stereocenters. The Morgan fingerprint density at radius 1 is 1.67 bits per heavy atom. The smallest absolute Gasteiger partial charge is 0.0750 e. The summed E-state index contributed by atoms with van der Waals surface area (Å²) in [6.45, 7) is 1.98. The molecule has 0 amide bonds. The van der Waals surface area contributed by atoms with Gasteiger partial charge in [0.05, 0.1) is 6.10 Å². The van der Waals surface area contributed by atoms with Crippen LogP contribution in [0.25, 0.3) is 0 Å². The number of hydrogen-bond acceptors (Lipinski definition) is 2. The summed E-state index contributed by atoms with van der Waals surface area (Å²) in [6.07, 6.45) is 2.83. The molecule has 0 aromatic heterocycles. The number of hydrogen-bond donors (Lipinski definition) is 2. The van der Waals surface area contributed by atoms with Crippen molar-refractivity contribution in [2.45, 2.75) is 38.3 Å². The molecule has 0 saturated heterocycles. The van der Waals surface area contributed by atoms with E-state index in [4.69, 9.17) is 5.73 Å². The average molecular weight is 128 g/mol. The summed E-state index contributed by atoms with van der Waals surface area (Å²) in [5.41, 5.74) is 5.60. The van der Waals surface area contributed by atoms with Crippen molar-refractivity contribution in [1.29, 1.82) is 0 Å². The lowest BCUT2D eigenvalue weighted by molar-refractivity contribution is 0.130. The molecule has 1 radical (unpaired) electrons. The van der Waals surface area contributed by atoms with Gasteiger partial charge >= 0.3 is 0 Å². The van der Waals surface area contributed by atoms with Gasteiger partial charge in [-0.25, -0.2) is 0 Å². The lowest BCUT2D eigenvalue weighted by Gasteiger charge is -2.29. The molecule has 9 heavy (non-hydrogen) atoms. The van der Waals surface area contributed by atoms with E-state index in [1.807, 2.05) is 6.92 Å². The fourth-order valence-corrected chi connectivity index (χ4v) is 1.29. The normalized spacial score (nSPS) is 39.0. The van der Waals surface area contributed by atoms with Crippen molar-refractivity contribution in [1.82, 2.24) is 0 Å². The van der Waals surface area contributed by atoms with E-state index in [0.29, 0.717) is 0 Å². The maximum Gasteiger partial charge on any atom is 0.0750 e. The summed E-state index contributed by atoms with van der Waals surface area (Å²) in [5, 5.41) is 9.28. The van der Waals surface area contributed by atoms with Gasteiger partial charge in [-0.05, 0) is 12.8 Å². The first kappa shape index (κ1) is 7.03. The van der Waals surface area contributed by atoms with Crippen molar-refractivity contribution in [3.8, 4) is 0 Å². The monoisotopic (exact) mass is 128 g/mol. The van der Waals surface area contributed by atoms with E-state index in [1.54, 1.807) is 0 Å². The Hall–Kier alpha value is -0.0800. The Morgan fingerprint density at radius 3 is 2.78 bits per heavy atom. The van der Waals surface area contributed by atoms with Gasteiger partial charge in [0.1, 0.15) is 0 Å². The van der Waals surface area contributed by atoms with Crippen LogP contribution in [-0.4, -0.2) is 17.3 Å². The summed E-state index contributed by atoms with van der Waals surface area (Å²) in [6, 6.07) is -0.00116. The summed E-state index contributed by atoms with van der Waals surface area (Å²) < 4.78 is 0. The first-order valence-corrected chi connectivity index (χ1v) is 3.48. The van der Waals surface area contributed by atoms with Gasteiger partial charge in [0, 0.05) is 12.0 Å². The largest absolute Gasteiger partial charge is 0.391 e. The van der Waals surface area contributed by atoms with Gasteiger partial charge in [0.15, 0.2) is 0 Å². The van der Waals surface area contributed by atoms with Crippen molar-refractivity contribution in [2.75, 3.05) is 0 Å². The number of aliphatic hydroxyl groups is 1. The zero-order chi connectivity index (χ0) is 6.85. The lowest BCUT2D eigenvalue weighted by Crippen LogP contribution is -2.41. The van der Waals surface area contributed by atoms with E-state index in [1.165, 1.54) is 0 Å². The van der Waals surface area contributed by atoms with Gasteiger partial charge in [-0.2, -0.15) is 0 Å². The molecule has 2 atom stereocenters. The third-order valence-corrected chi connectivity index (χ3v) is 2.02. The van der Waals surface area contributed by atoms with Crippen molar-refractivity contribution in [2.24, 2.45) is 5.73 Å². The van der Waals surface area contributed by atoms with Crippen LogP contribution < -0.4 is 5.73 Å². The van der Waals surface area contributed by atoms with Crippen LogP contribution in [-0.2, 0) is 0 Å². The molecule has 0 bridgehead atoms. The Labute approximate surface area is 56.1 Å². The first-order chi connectivity index (χ1) is 4.22. The van der Waals surface area contributed by atoms with Crippen molar-refractivity contribution >= 4 is 0 Å². The molecular formula is C7H14NO. The van der Waals surface area contributed by atoms with Crippen molar-refractivity contribution in [3.63, 3.8) is 0 Å². The van der Waals surface area contributed by atoms with Crippen molar-refractivity contribution < 1.29 is 5.11 Å². The SMILES string of the molecule is C[C]1CCCC(N)C1O. The topological polar surface area (TPSA) is 46.2 Å². The molecule has 1 rings (SSSR count). The molecule has 2 heteroatoms. The molecule has 1 saturated carbocycles. The molecule has 0 aromatic carbocycles. The van der Waals surface area contributed by atoms with E-state index in [9.17, 15) is 5.11 Å². The second-order valence-corrected chi connectivity index (χ2v) is 2.85. The lowest BCUT2D eigenvalue weighted by atomic mass is 9.85. The molecule has 1 fully saturated rings. The van der Waals surface area contributed by atoms with Crippen LogP contribution >= 0.6 is 0 Å². The average Bonchev–Trinajstić information content (AvgIpc) is 1.83. The van der Waals surface area contributed by atoms with E-state index in [-0.39, 0.29) is 12.1 Å². The number of nitrogens with two attached hydrogens (primary N) is 1. The van der Waals surface area contributed by atoms with Gasteiger partial charge in [0.2, 0.25) is 0 Å². The van der Waals surface area contributed by atoms with E-state index < -0.39 is 0 Å². The highest BCUT2D eigenvalue weighted by Gasteiger charge is 2.25. The highest BCUT2D eigenvalue weighted by atomic mass is 16.3. The minimum Gasteiger partial charge on any atom is -0.391 e. The Balaban J connectivity index is 2.41. The predicted octanol–water partition coefficient (Wildman–Crippen LogP) is 0.453. The Kier molecular flexibility index (Phi) is 2.09. The molecule has 2 nitrogen and oxygen atoms in total. The third-order valence-electron chi connectivity index (χ3n) is 2.02. The summed E-state index contributed by atoms with van der Waals surface area (Å²) in [4.78, 5) is 0. The Bertz CT molecular complexity index is 84.9. The van der Waals surface area contributed by atoms with Crippen LogP contribution in [0.4, 0.5) is 0 Å². The van der Waals surface area contributed by atoms with Gasteiger partial charge < -0.3 is 10.8 Å². The molecule has 1 aliphatic carbocycles. The van der Waals surface area contributed by atoms with E-state index in [2.05, 4.69) is 0 Å². The maximum absolute atomic E-state index is 9.28. The van der Waals surface area contributed by atoms with Crippen LogP contribution in [0.2, 0.25) is 0 Å². The predicted molar refractivity (Wildman–Crippen MR) is 36.8 cm³/mol. The number of rotatable bonds is 0. The van der Waals surface area contributed by atoms with Crippen LogP contribution in [0.1, 0.15) is 26.2 Å². The molecule has 0 spiro atoms. The first-order valence-electron chi connectivity index (χ1n) is 3.48. The standard InChI is InChI=1S/C7H14NO/c1-5-3-2-4-6(8)7(5)9/h6-7,9H,2-4,8H2,1H3. The van der Waals surface area contributed by atoms with Crippen LogP contribution in [0.3, 0.4) is 0 Å². The zero-order valence-corrected chi connectivity index (χ0v) is 5.80. The maximum atomic E-state index is 9.28. The molecule has 53 valence electrons. The second-order valence-electron chi connectivity index (χ2n) is 2.85. The Morgan fingerprint density at radius 2 is 2.33 bits per heavy atom. The molecular weight excluding hydrogens is 114 g/mol. The molecule has 1 aliphatic rings. The minimum atomic E-state index is -0.334.